The molecule has 1 aromatic carbocycles. The molecule has 2 aromatic rings. The van der Waals surface area contributed by atoms with Gasteiger partial charge in [0.25, 0.3) is 5.56 Å². The van der Waals surface area contributed by atoms with E-state index in [0.29, 0.717) is 5.92 Å². The quantitative estimate of drug-likeness (QED) is 0.806. The fourth-order valence-corrected chi connectivity index (χ4v) is 3.49. The number of halogens is 1. The molecule has 0 atom stereocenters. The normalized spacial score (nSPS) is 14.8. The zero-order chi connectivity index (χ0) is 16.4. The van der Waals surface area contributed by atoms with Crippen LogP contribution in [0.15, 0.2) is 50.6 Å². The molecule has 8 heteroatoms. The second-order valence-electron chi connectivity index (χ2n) is 5.45. The molecule has 0 amide bonds. The van der Waals surface area contributed by atoms with Crippen molar-refractivity contribution in [1.82, 2.24) is 14.5 Å². The van der Waals surface area contributed by atoms with Crippen molar-refractivity contribution in [2.45, 2.75) is 30.2 Å². The van der Waals surface area contributed by atoms with Gasteiger partial charge in [0.15, 0.2) is 0 Å². The average molecular weight is 398 g/mol. The summed E-state index contributed by atoms with van der Waals surface area (Å²) in [6.07, 6.45) is 2.20. The Balaban J connectivity index is 1.66. The Morgan fingerprint density at radius 1 is 1.17 bits per heavy atom. The van der Waals surface area contributed by atoms with Crippen molar-refractivity contribution < 1.29 is 8.42 Å². The Bertz CT molecular complexity index is 858. The second kappa shape index (κ2) is 6.54. The number of sulfonamides is 1. The number of aromatic nitrogens is 2. The summed E-state index contributed by atoms with van der Waals surface area (Å²) in [6.45, 7) is 0.314. The summed E-state index contributed by atoms with van der Waals surface area (Å²) in [5.74, 6) is 0.446. The lowest BCUT2D eigenvalue weighted by atomic mass is 10.3. The van der Waals surface area contributed by atoms with E-state index in [1.54, 1.807) is 18.2 Å². The predicted octanol–water partition coefficient (Wildman–Crippen LogP) is 1.86. The molecule has 3 rings (SSSR count). The van der Waals surface area contributed by atoms with Gasteiger partial charge < -0.3 is 0 Å². The minimum Gasteiger partial charge on any atom is -0.268 e. The van der Waals surface area contributed by atoms with Gasteiger partial charge in [0.05, 0.1) is 17.1 Å². The number of benzene rings is 1. The summed E-state index contributed by atoms with van der Waals surface area (Å²) < 4.78 is 29.0. The summed E-state index contributed by atoms with van der Waals surface area (Å²) in [6, 6.07) is 9.61. The lowest BCUT2D eigenvalue weighted by molar-refractivity contribution is 0.541. The molecule has 0 radical (unpaired) electrons. The van der Waals surface area contributed by atoms with E-state index in [9.17, 15) is 13.2 Å². The third-order valence-electron chi connectivity index (χ3n) is 3.62. The summed E-state index contributed by atoms with van der Waals surface area (Å²) in [7, 11) is -3.59. The molecule has 1 aliphatic rings. The highest BCUT2D eigenvalue weighted by molar-refractivity contribution is 9.10. The topological polar surface area (TPSA) is 81.1 Å². The Labute approximate surface area is 142 Å². The maximum Gasteiger partial charge on any atom is 0.266 e. The van der Waals surface area contributed by atoms with Crippen LogP contribution in [0.2, 0.25) is 0 Å². The first-order valence-corrected chi connectivity index (χ1v) is 9.57. The molecule has 1 heterocycles. The van der Waals surface area contributed by atoms with E-state index in [1.165, 1.54) is 22.9 Å². The minimum atomic E-state index is -3.59. The summed E-state index contributed by atoms with van der Waals surface area (Å²) in [5, 5.41) is 4.30. The Hall–Kier alpha value is -1.51. The molecule has 1 N–H and O–H groups in total. The van der Waals surface area contributed by atoms with E-state index in [2.05, 4.69) is 25.8 Å². The number of nitrogens with one attached hydrogen (secondary N) is 1. The molecule has 0 saturated heterocycles. The summed E-state index contributed by atoms with van der Waals surface area (Å²) in [4.78, 5) is 12.0. The van der Waals surface area contributed by atoms with Gasteiger partial charge in [-0.25, -0.2) is 17.8 Å². The largest absolute Gasteiger partial charge is 0.268 e. The van der Waals surface area contributed by atoms with E-state index >= 15 is 0 Å². The molecule has 6 nitrogen and oxygen atoms in total. The monoisotopic (exact) mass is 397 g/mol. The number of rotatable bonds is 6. The molecule has 1 fully saturated rings. The van der Waals surface area contributed by atoms with Crippen molar-refractivity contribution >= 4 is 26.0 Å². The average Bonchev–Trinajstić information content (AvgIpc) is 3.34. The highest BCUT2D eigenvalue weighted by Crippen LogP contribution is 2.38. The lowest BCUT2D eigenvalue weighted by Crippen LogP contribution is -2.32. The third kappa shape index (κ3) is 4.07. The maximum absolute atomic E-state index is 12.2. The van der Waals surface area contributed by atoms with Crippen LogP contribution >= 0.6 is 15.9 Å². The van der Waals surface area contributed by atoms with Crippen LogP contribution in [0.3, 0.4) is 0 Å². The highest BCUT2D eigenvalue weighted by atomic mass is 79.9. The van der Waals surface area contributed by atoms with Crippen LogP contribution in [0, 0.1) is 0 Å². The van der Waals surface area contributed by atoms with Gasteiger partial charge in [0.2, 0.25) is 10.0 Å². The standard InChI is InChI=1S/C15H16BrN3O3S/c16-12-3-5-13(6-4-12)23(21,22)17-9-10-19-15(20)8-7-14(18-19)11-1-2-11/h3-8,11,17H,1-2,9-10H2. The zero-order valence-electron chi connectivity index (χ0n) is 12.3. The Morgan fingerprint density at radius 3 is 2.52 bits per heavy atom. The number of hydrogen-bond donors (Lipinski definition) is 1. The van der Waals surface area contributed by atoms with E-state index in [4.69, 9.17) is 0 Å². The van der Waals surface area contributed by atoms with Crippen molar-refractivity contribution in [3.05, 3.63) is 56.9 Å². The first-order chi connectivity index (χ1) is 11.0. The molecule has 0 bridgehead atoms. The Morgan fingerprint density at radius 2 is 1.87 bits per heavy atom. The molecule has 0 spiro atoms. The molecule has 1 aromatic heterocycles. The van der Waals surface area contributed by atoms with Gasteiger partial charge >= 0.3 is 0 Å². The van der Waals surface area contributed by atoms with E-state index < -0.39 is 10.0 Å². The zero-order valence-corrected chi connectivity index (χ0v) is 14.7. The van der Waals surface area contributed by atoms with E-state index in [-0.39, 0.29) is 23.5 Å². The first kappa shape index (κ1) is 16.4. The molecule has 1 aliphatic carbocycles. The fourth-order valence-electron chi connectivity index (χ4n) is 2.20. The van der Waals surface area contributed by atoms with Crippen LogP contribution in [-0.2, 0) is 16.6 Å². The summed E-state index contributed by atoms with van der Waals surface area (Å²) >= 11 is 3.27. The molecule has 122 valence electrons. The number of nitrogens with zero attached hydrogens (tertiary/aromatic N) is 2. The van der Waals surface area contributed by atoms with E-state index in [0.717, 1.165) is 23.0 Å². The van der Waals surface area contributed by atoms with Gasteiger partial charge in [0, 0.05) is 23.0 Å². The molecule has 23 heavy (non-hydrogen) atoms. The molecular weight excluding hydrogens is 382 g/mol. The van der Waals surface area contributed by atoms with Crippen LogP contribution in [0.5, 0.6) is 0 Å². The van der Waals surface area contributed by atoms with Crippen molar-refractivity contribution in [1.29, 1.82) is 0 Å². The van der Waals surface area contributed by atoms with Crippen molar-refractivity contribution in [2.75, 3.05) is 6.54 Å². The van der Waals surface area contributed by atoms with Crippen LogP contribution in [0.25, 0.3) is 0 Å². The SMILES string of the molecule is O=c1ccc(C2CC2)nn1CCNS(=O)(=O)c1ccc(Br)cc1. The van der Waals surface area contributed by atoms with Gasteiger partial charge in [-0.15, -0.1) is 0 Å². The third-order valence-corrected chi connectivity index (χ3v) is 5.63. The maximum atomic E-state index is 12.2. The highest BCUT2D eigenvalue weighted by Gasteiger charge is 2.25. The molecule has 0 aliphatic heterocycles. The van der Waals surface area contributed by atoms with Crippen LogP contribution in [0.1, 0.15) is 24.5 Å². The van der Waals surface area contributed by atoms with Gasteiger partial charge in [0.1, 0.15) is 0 Å². The van der Waals surface area contributed by atoms with Gasteiger partial charge in [-0.1, -0.05) is 15.9 Å². The predicted molar refractivity (Wildman–Crippen MR) is 89.8 cm³/mol. The minimum absolute atomic E-state index is 0.111. The fraction of sp³-hybridized carbons (Fsp3) is 0.333. The van der Waals surface area contributed by atoms with Crippen LogP contribution < -0.4 is 10.3 Å². The van der Waals surface area contributed by atoms with Crippen LogP contribution in [-0.4, -0.2) is 24.7 Å². The van der Waals surface area contributed by atoms with Crippen molar-refractivity contribution in [3.8, 4) is 0 Å². The summed E-state index contributed by atoms with van der Waals surface area (Å²) in [5.41, 5.74) is 0.678. The smallest absolute Gasteiger partial charge is 0.266 e. The van der Waals surface area contributed by atoms with Crippen LogP contribution in [0.4, 0.5) is 0 Å². The van der Waals surface area contributed by atoms with E-state index in [1.807, 2.05) is 0 Å². The molecule has 1 saturated carbocycles. The molecule has 0 unspecified atom stereocenters. The van der Waals surface area contributed by atoms with Gasteiger partial charge in [-0.05, 0) is 43.2 Å². The lowest BCUT2D eigenvalue weighted by Gasteiger charge is -2.09. The van der Waals surface area contributed by atoms with Crippen molar-refractivity contribution in [3.63, 3.8) is 0 Å². The van der Waals surface area contributed by atoms with Crippen molar-refractivity contribution in [2.24, 2.45) is 0 Å². The second-order valence-corrected chi connectivity index (χ2v) is 8.13. The number of hydrogen-bond acceptors (Lipinski definition) is 4. The Kier molecular flexibility index (Phi) is 4.65. The van der Waals surface area contributed by atoms with Gasteiger partial charge in [-0.2, -0.15) is 5.10 Å². The molecular formula is C15H16BrN3O3S. The first-order valence-electron chi connectivity index (χ1n) is 7.29. The van der Waals surface area contributed by atoms with Gasteiger partial charge in [-0.3, -0.25) is 4.79 Å².